The molecule has 1 heterocycles. The van der Waals surface area contributed by atoms with Crippen molar-refractivity contribution in [1.82, 2.24) is 9.80 Å². The third-order valence-corrected chi connectivity index (χ3v) is 3.54. The summed E-state index contributed by atoms with van der Waals surface area (Å²) in [6.07, 6.45) is 0.249. The van der Waals surface area contributed by atoms with Crippen molar-refractivity contribution in [2.24, 2.45) is 0 Å². The molecule has 0 bridgehead atoms. The van der Waals surface area contributed by atoms with E-state index in [1.807, 2.05) is 42.3 Å². The Morgan fingerprint density at radius 2 is 2.00 bits per heavy atom. The van der Waals surface area contributed by atoms with Gasteiger partial charge in [0.1, 0.15) is 0 Å². The molecule has 0 aliphatic carbocycles. The minimum atomic E-state index is -0.366. The number of rotatable bonds is 5. The maximum Gasteiger partial charge on any atom is 0.247 e. The molecule has 1 fully saturated rings. The van der Waals surface area contributed by atoms with E-state index in [1.54, 1.807) is 0 Å². The smallest absolute Gasteiger partial charge is 0.247 e. The van der Waals surface area contributed by atoms with E-state index in [9.17, 15) is 9.59 Å². The van der Waals surface area contributed by atoms with Crippen molar-refractivity contribution < 1.29 is 9.59 Å². The van der Waals surface area contributed by atoms with Gasteiger partial charge in [-0.25, -0.2) is 0 Å². The fraction of sp³-hybridized carbons (Fsp3) is 0.429. The molecule has 102 valence electrons. The van der Waals surface area contributed by atoms with E-state index in [4.69, 9.17) is 11.6 Å². The van der Waals surface area contributed by atoms with Crippen molar-refractivity contribution in [2.45, 2.75) is 19.0 Å². The lowest BCUT2D eigenvalue weighted by molar-refractivity contribution is -0.140. The predicted octanol–water partition coefficient (Wildman–Crippen LogP) is 1.48. The van der Waals surface area contributed by atoms with Crippen molar-refractivity contribution in [3.63, 3.8) is 0 Å². The summed E-state index contributed by atoms with van der Waals surface area (Å²) in [6.45, 7) is 0.953. The highest BCUT2D eigenvalue weighted by atomic mass is 35.5. The molecule has 1 aliphatic heterocycles. The summed E-state index contributed by atoms with van der Waals surface area (Å²) in [6, 6.07) is 9.17. The first-order valence-corrected chi connectivity index (χ1v) is 6.81. The zero-order valence-corrected chi connectivity index (χ0v) is 11.6. The normalized spacial score (nSPS) is 19.5. The number of benzene rings is 1. The van der Waals surface area contributed by atoms with Crippen LogP contribution in [0.25, 0.3) is 0 Å². The Kier molecular flexibility index (Phi) is 4.56. The van der Waals surface area contributed by atoms with Gasteiger partial charge in [0.2, 0.25) is 11.8 Å². The summed E-state index contributed by atoms with van der Waals surface area (Å²) in [7, 11) is 1.82. The molecule has 0 radical (unpaired) electrons. The minimum absolute atomic E-state index is 0.111. The number of likely N-dealkylation sites (tertiary alicyclic amines) is 1. The van der Waals surface area contributed by atoms with E-state index in [1.165, 1.54) is 4.90 Å². The highest BCUT2D eigenvalue weighted by Gasteiger charge is 2.40. The lowest BCUT2D eigenvalue weighted by Crippen LogP contribution is -2.40. The molecule has 1 atom stereocenters. The van der Waals surface area contributed by atoms with Crippen LogP contribution in [0.4, 0.5) is 0 Å². The van der Waals surface area contributed by atoms with Gasteiger partial charge < -0.3 is 0 Å². The van der Waals surface area contributed by atoms with Crippen molar-refractivity contribution in [3.05, 3.63) is 35.9 Å². The van der Waals surface area contributed by atoms with Gasteiger partial charge in [-0.3, -0.25) is 19.4 Å². The summed E-state index contributed by atoms with van der Waals surface area (Å²) >= 11 is 5.67. The van der Waals surface area contributed by atoms with Crippen LogP contribution in [-0.4, -0.2) is 47.1 Å². The van der Waals surface area contributed by atoms with Crippen LogP contribution >= 0.6 is 11.6 Å². The van der Waals surface area contributed by atoms with Gasteiger partial charge >= 0.3 is 0 Å². The van der Waals surface area contributed by atoms with Crippen LogP contribution in [0.5, 0.6) is 0 Å². The first-order chi connectivity index (χ1) is 9.13. The standard InChI is InChI=1S/C14H17ClN2O2/c1-16(8-7-15)12-9-13(18)17(14(12)19)10-11-5-3-2-4-6-11/h2-6,12H,7-10H2,1H3. The zero-order chi connectivity index (χ0) is 13.8. The molecular weight excluding hydrogens is 264 g/mol. The summed E-state index contributed by atoms with van der Waals surface area (Å²) in [5.74, 6) is 0.217. The van der Waals surface area contributed by atoms with Crippen LogP contribution in [0.3, 0.4) is 0 Å². The first kappa shape index (κ1) is 14.0. The topological polar surface area (TPSA) is 40.6 Å². The second-order valence-electron chi connectivity index (χ2n) is 4.69. The molecule has 0 spiro atoms. The van der Waals surface area contributed by atoms with Gasteiger partial charge in [-0.15, -0.1) is 11.6 Å². The van der Waals surface area contributed by atoms with Crippen molar-refractivity contribution in [2.75, 3.05) is 19.5 Å². The predicted molar refractivity (Wildman–Crippen MR) is 73.8 cm³/mol. The van der Waals surface area contributed by atoms with E-state index in [2.05, 4.69) is 0 Å². The second-order valence-corrected chi connectivity index (χ2v) is 5.07. The number of alkyl halides is 1. The number of amides is 2. The van der Waals surface area contributed by atoms with Crippen molar-refractivity contribution in [1.29, 1.82) is 0 Å². The van der Waals surface area contributed by atoms with Crippen LogP contribution in [0.2, 0.25) is 0 Å². The highest BCUT2D eigenvalue weighted by molar-refractivity contribution is 6.18. The average molecular weight is 281 g/mol. The first-order valence-electron chi connectivity index (χ1n) is 6.28. The lowest BCUT2D eigenvalue weighted by Gasteiger charge is -2.21. The number of carbonyl (C=O) groups is 2. The molecule has 19 heavy (non-hydrogen) atoms. The summed E-state index contributed by atoms with van der Waals surface area (Å²) in [5.41, 5.74) is 0.963. The largest absolute Gasteiger partial charge is 0.293 e. The fourth-order valence-corrected chi connectivity index (χ4v) is 2.50. The number of likely N-dealkylation sites (N-methyl/N-ethyl adjacent to an activating group) is 1. The SMILES string of the molecule is CN(CCCl)C1CC(=O)N(Cc2ccccc2)C1=O. The number of carbonyl (C=O) groups excluding carboxylic acids is 2. The Morgan fingerprint density at radius 3 is 2.63 bits per heavy atom. The fourth-order valence-electron chi connectivity index (χ4n) is 2.23. The lowest BCUT2D eigenvalue weighted by atomic mass is 10.2. The molecule has 0 aromatic heterocycles. The molecule has 2 rings (SSSR count). The van der Waals surface area contributed by atoms with Crippen molar-refractivity contribution in [3.8, 4) is 0 Å². The molecule has 1 aliphatic rings. The second kappa shape index (κ2) is 6.17. The van der Waals surface area contributed by atoms with Gasteiger partial charge in [0.05, 0.1) is 19.0 Å². The summed E-state index contributed by atoms with van der Waals surface area (Å²) in [4.78, 5) is 27.4. The number of nitrogens with zero attached hydrogens (tertiary/aromatic N) is 2. The van der Waals surface area contributed by atoms with Gasteiger partial charge in [-0.2, -0.15) is 0 Å². The Balaban J connectivity index is 2.06. The number of hydrogen-bond acceptors (Lipinski definition) is 3. The van der Waals surface area contributed by atoms with Gasteiger partial charge in [0.25, 0.3) is 0 Å². The Morgan fingerprint density at radius 1 is 1.32 bits per heavy atom. The van der Waals surface area contributed by atoms with Gasteiger partial charge in [-0.05, 0) is 12.6 Å². The quantitative estimate of drug-likeness (QED) is 0.606. The highest BCUT2D eigenvalue weighted by Crippen LogP contribution is 2.20. The van der Waals surface area contributed by atoms with Gasteiger partial charge in [-0.1, -0.05) is 30.3 Å². The monoisotopic (exact) mass is 280 g/mol. The molecule has 0 saturated carbocycles. The molecule has 2 amide bonds. The summed E-state index contributed by atoms with van der Waals surface area (Å²) in [5, 5.41) is 0. The van der Waals surface area contributed by atoms with Crippen LogP contribution in [0.1, 0.15) is 12.0 Å². The Hall–Kier alpha value is -1.39. The molecule has 4 nitrogen and oxygen atoms in total. The molecule has 1 unspecified atom stereocenters. The van der Waals surface area contributed by atoms with Crippen LogP contribution in [0, 0.1) is 0 Å². The minimum Gasteiger partial charge on any atom is -0.293 e. The third-order valence-electron chi connectivity index (χ3n) is 3.37. The number of hydrogen-bond donors (Lipinski definition) is 0. The molecule has 1 saturated heterocycles. The number of imide groups is 1. The third kappa shape index (κ3) is 3.14. The molecule has 1 aromatic rings. The van der Waals surface area contributed by atoms with E-state index in [0.717, 1.165) is 5.56 Å². The summed E-state index contributed by atoms with van der Waals surface area (Å²) < 4.78 is 0. The maximum absolute atomic E-state index is 12.3. The average Bonchev–Trinajstić information content (AvgIpc) is 2.68. The van der Waals surface area contributed by atoms with Crippen LogP contribution < -0.4 is 0 Å². The molecular formula is C14H17ClN2O2. The molecule has 5 heteroatoms. The van der Waals surface area contributed by atoms with Crippen molar-refractivity contribution >= 4 is 23.4 Å². The van der Waals surface area contributed by atoms with Gasteiger partial charge in [0.15, 0.2) is 0 Å². The van der Waals surface area contributed by atoms with E-state index in [-0.39, 0.29) is 24.3 Å². The Labute approximate surface area is 117 Å². The molecule has 0 N–H and O–H groups in total. The molecule has 1 aromatic carbocycles. The zero-order valence-electron chi connectivity index (χ0n) is 10.9. The van der Waals surface area contributed by atoms with E-state index >= 15 is 0 Å². The number of halogens is 1. The van der Waals surface area contributed by atoms with Gasteiger partial charge in [0, 0.05) is 12.4 Å². The van der Waals surface area contributed by atoms with Crippen LogP contribution in [-0.2, 0) is 16.1 Å². The van der Waals surface area contributed by atoms with E-state index < -0.39 is 0 Å². The van der Waals surface area contributed by atoms with Crippen LogP contribution in [0.15, 0.2) is 30.3 Å². The van der Waals surface area contributed by atoms with E-state index in [0.29, 0.717) is 19.0 Å². The Bertz CT molecular complexity index is 464. The maximum atomic E-state index is 12.3.